The van der Waals surface area contributed by atoms with Gasteiger partial charge in [-0.3, -0.25) is 4.98 Å². The molecule has 0 fully saturated rings. The second-order valence-corrected chi connectivity index (χ2v) is 5.69. The minimum absolute atomic E-state index is 0.403. The summed E-state index contributed by atoms with van der Waals surface area (Å²) in [4.78, 5) is 4.27. The van der Waals surface area contributed by atoms with Crippen molar-refractivity contribution in [3.63, 3.8) is 0 Å². The molecule has 1 N–H and O–H groups in total. The van der Waals surface area contributed by atoms with Crippen LogP contribution in [0.2, 0.25) is 0 Å². The van der Waals surface area contributed by atoms with Crippen molar-refractivity contribution in [1.29, 1.82) is 0 Å². The van der Waals surface area contributed by atoms with Crippen LogP contribution in [0.1, 0.15) is 30.0 Å². The Morgan fingerprint density at radius 2 is 1.95 bits per heavy atom. The van der Waals surface area contributed by atoms with E-state index < -0.39 is 0 Å². The highest BCUT2D eigenvalue weighted by molar-refractivity contribution is 5.93. The molecule has 1 aliphatic carbocycles. The zero-order valence-corrected chi connectivity index (χ0v) is 11.9. The van der Waals surface area contributed by atoms with Crippen molar-refractivity contribution in [2.24, 2.45) is 0 Å². The largest absolute Gasteiger partial charge is 0.378 e. The van der Waals surface area contributed by atoms with Gasteiger partial charge in [0.25, 0.3) is 0 Å². The summed E-state index contributed by atoms with van der Waals surface area (Å²) in [5.41, 5.74) is 4.12. The van der Waals surface area contributed by atoms with Crippen LogP contribution in [0.5, 0.6) is 0 Å². The van der Waals surface area contributed by atoms with E-state index in [2.05, 4.69) is 58.8 Å². The number of benzene rings is 2. The Kier molecular flexibility index (Phi) is 3.07. The average molecular weight is 274 g/mol. The lowest BCUT2D eigenvalue weighted by molar-refractivity contribution is 0.601. The summed E-state index contributed by atoms with van der Waals surface area (Å²) in [5.74, 6) is 0. The topological polar surface area (TPSA) is 24.9 Å². The number of nitrogens with zero attached hydrogens (tertiary/aromatic N) is 1. The van der Waals surface area contributed by atoms with Crippen LogP contribution in [-0.4, -0.2) is 4.98 Å². The van der Waals surface area contributed by atoms with E-state index in [1.54, 1.807) is 0 Å². The molecule has 4 rings (SSSR count). The molecule has 1 atom stereocenters. The first-order valence-electron chi connectivity index (χ1n) is 7.59. The summed E-state index contributed by atoms with van der Waals surface area (Å²) in [6.45, 7) is 0. The van der Waals surface area contributed by atoms with Crippen LogP contribution >= 0.6 is 0 Å². The van der Waals surface area contributed by atoms with Gasteiger partial charge in [-0.1, -0.05) is 36.4 Å². The lowest BCUT2D eigenvalue weighted by Crippen LogP contribution is -2.17. The number of rotatable bonds is 2. The van der Waals surface area contributed by atoms with Crippen LogP contribution in [-0.2, 0) is 6.42 Å². The second-order valence-electron chi connectivity index (χ2n) is 5.69. The third-order valence-electron chi connectivity index (χ3n) is 4.38. The minimum Gasteiger partial charge on any atom is -0.378 e. The fraction of sp³-hybridized carbons (Fsp3) is 0.211. The van der Waals surface area contributed by atoms with Crippen molar-refractivity contribution in [2.75, 3.05) is 5.32 Å². The number of fused-ring (bicyclic) bond motifs is 2. The summed E-state index contributed by atoms with van der Waals surface area (Å²) in [7, 11) is 0. The van der Waals surface area contributed by atoms with Gasteiger partial charge in [0.1, 0.15) is 0 Å². The summed E-state index contributed by atoms with van der Waals surface area (Å²) < 4.78 is 0. The molecule has 21 heavy (non-hydrogen) atoms. The number of hydrogen-bond acceptors (Lipinski definition) is 2. The van der Waals surface area contributed by atoms with Crippen molar-refractivity contribution >= 4 is 16.5 Å². The highest BCUT2D eigenvalue weighted by Gasteiger charge is 2.19. The molecule has 0 spiro atoms. The molecule has 0 radical (unpaired) electrons. The molecule has 3 aromatic rings. The van der Waals surface area contributed by atoms with Crippen molar-refractivity contribution in [3.8, 4) is 0 Å². The Hall–Kier alpha value is -2.35. The summed E-state index contributed by atoms with van der Waals surface area (Å²) in [6.07, 6.45) is 7.44. The quantitative estimate of drug-likeness (QED) is 0.731. The van der Waals surface area contributed by atoms with Crippen molar-refractivity contribution < 1.29 is 0 Å². The zero-order valence-electron chi connectivity index (χ0n) is 11.9. The molecule has 0 aliphatic heterocycles. The number of anilines is 1. The molecular weight excluding hydrogens is 256 g/mol. The maximum Gasteiger partial charge on any atom is 0.0516 e. The van der Waals surface area contributed by atoms with Gasteiger partial charge in [-0.2, -0.15) is 0 Å². The molecule has 1 aromatic heterocycles. The van der Waals surface area contributed by atoms with Gasteiger partial charge >= 0.3 is 0 Å². The highest BCUT2D eigenvalue weighted by Crippen LogP contribution is 2.34. The van der Waals surface area contributed by atoms with E-state index in [1.807, 2.05) is 12.4 Å². The maximum atomic E-state index is 4.27. The van der Waals surface area contributed by atoms with Gasteiger partial charge in [0, 0.05) is 23.5 Å². The predicted molar refractivity (Wildman–Crippen MR) is 87.5 cm³/mol. The number of aromatic nitrogens is 1. The van der Waals surface area contributed by atoms with Crippen molar-refractivity contribution in [3.05, 3.63) is 72.1 Å². The van der Waals surface area contributed by atoms with Gasteiger partial charge in [-0.25, -0.2) is 0 Å². The van der Waals surface area contributed by atoms with Crippen LogP contribution in [0.3, 0.4) is 0 Å². The van der Waals surface area contributed by atoms with Crippen LogP contribution in [0, 0.1) is 0 Å². The third kappa shape index (κ3) is 2.27. The lowest BCUT2D eigenvalue weighted by atomic mass is 9.87. The van der Waals surface area contributed by atoms with Crippen molar-refractivity contribution in [2.45, 2.75) is 25.3 Å². The molecule has 0 saturated heterocycles. The van der Waals surface area contributed by atoms with E-state index in [-0.39, 0.29) is 0 Å². The monoisotopic (exact) mass is 274 g/mol. The summed E-state index contributed by atoms with van der Waals surface area (Å²) in [5, 5.41) is 6.17. The van der Waals surface area contributed by atoms with Crippen LogP contribution in [0.15, 0.2) is 60.9 Å². The molecular formula is C19H18N2. The van der Waals surface area contributed by atoms with E-state index >= 15 is 0 Å². The predicted octanol–water partition coefficient (Wildman–Crippen LogP) is 4.72. The number of aryl methyl sites for hydroxylation is 1. The highest BCUT2D eigenvalue weighted by atomic mass is 14.9. The molecule has 104 valence electrons. The normalized spacial score (nSPS) is 17.4. The molecule has 1 aliphatic rings. The van der Waals surface area contributed by atoms with E-state index in [9.17, 15) is 0 Å². The van der Waals surface area contributed by atoms with Gasteiger partial charge < -0.3 is 5.32 Å². The van der Waals surface area contributed by atoms with Gasteiger partial charge in [-0.05, 0) is 47.9 Å². The second kappa shape index (κ2) is 5.21. The summed E-state index contributed by atoms with van der Waals surface area (Å²) >= 11 is 0. The lowest BCUT2D eigenvalue weighted by Gasteiger charge is -2.27. The molecule has 0 amide bonds. The van der Waals surface area contributed by atoms with E-state index in [0.717, 1.165) is 0 Å². The van der Waals surface area contributed by atoms with Gasteiger partial charge in [0.2, 0.25) is 0 Å². The van der Waals surface area contributed by atoms with E-state index in [0.29, 0.717) is 6.04 Å². The average Bonchev–Trinajstić information content (AvgIpc) is 2.56. The molecule has 0 bridgehead atoms. The molecule has 0 saturated carbocycles. The van der Waals surface area contributed by atoms with Gasteiger partial charge in [-0.15, -0.1) is 0 Å². The Bertz CT molecular complexity index is 774. The van der Waals surface area contributed by atoms with Crippen LogP contribution in [0.4, 0.5) is 5.69 Å². The SMILES string of the molecule is c1ccc2c(c1)CCCC2Nc1cccc2ccncc12. The first-order chi connectivity index (χ1) is 10.4. The standard InChI is InChI=1S/C19H18N2/c1-2-8-16-14(5-1)6-3-9-18(16)21-19-10-4-7-15-11-12-20-13-17(15)19/h1-2,4-5,7-8,10-13,18,21H,3,6,9H2. The van der Waals surface area contributed by atoms with E-state index in [4.69, 9.17) is 0 Å². The van der Waals surface area contributed by atoms with Gasteiger partial charge in [0.15, 0.2) is 0 Å². The van der Waals surface area contributed by atoms with Gasteiger partial charge in [0.05, 0.1) is 6.04 Å². The number of hydrogen-bond donors (Lipinski definition) is 1. The smallest absolute Gasteiger partial charge is 0.0516 e. The Morgan fingerprint density at radius 1 is 1.00 bits per heavy atom. The Balaban J connectivity index is 1.73. The number of nitrogens with one attached hydrogen (secondary N) is 1. The maximum absolute atomic E-state index is 4.27. The fourth-order valence-corrected chi connectivity index (χ4v) is 3.33. The molecule has 1 unspecified atom stereocenters. The first kappa shape index (κ1) is 12.4. The number of pyridine rings is 1. The molecule has 2 aromatic carbocycles. The molecule has 2 heteroatoms. The molecule has 1 heterocycles. The zero-order chi connectivity index (χ0) is 14.1. The van der Waals surface area contributed by atoms with Crippen molar-refractivity contribution in [1.82, 2.24) is 4.98 Å². The van der Waals surface area contributed by atoms with E-state index in [1.165, 1.54) is 46.8 Å². The first-order valence-corrected chi connectivity index (χ1v) is 7.59. The van der Waals surface area contributed by atoms with Crippen LogP contribution in [0.25, 0.3) is 10.8 Å². The third-order valence-corrected chi connectivity index (χ3v) is 4.38. The van der Waals surface area contributed by atoms with Crippen LogP contribution < -0.4 is 5.32 Å². The fourth-order valence-electron chi connectivity index (χ4n) is 3.33. The Morgan fingerprint density at radius 3 is 2.95 bits per heavy atom. The Labute approximate surface area is 124 Å². The summed E-state index contributed by atoms with van der Waals surface area (Å²) in [6, 6.07) is 17.7. The molecule has 2 nitrogen and oxygen atoms in total. The minimum atomic E-state index is 0.403.